The van der Waals surface area contributed by atoms with E-state index < -0.39 is 10.8 Å². The monoisotopic (exact) mass is 357 g/mol. The van der Waals surface area contributed by atoms with Gasteiger partial charge in [-0.1, -0.05) is 6.07 Å². The van der Waals surface area contributed by atoms with Crippen LogP contribution in [-0.4, -0.2) is 30.3 Å². The highest BCUT2D eigenvalue weighted by Crippen LogP contribution is 2.27. The molecule has 2 aromatic carbocycles. The maximum absolute atomic E-state index is 11.8. The Hall–Kier alpha value is -3.42. The topological polar surface area (TPSA) is 103 Å². The lowest BCUT2D eigenvalue weighted by atomic mass is 10.2. The van der Waals surface area contributed by atoms with Crippen LogP contribution in [0.4, 0.5) is 5.69 Å². The second-order valence-corrected chi connectivity index (χ2v) is 5.31. The molecule has 0 aliphatic carbocycles. The molecule has 0 atom stereocenters. The Morgan fingerprint density at radius 1 is 1.23 bits per heavy atom. The van der Waals surface area contributed by atoms with Gasteiger partial charge in [0, 0.05) is 6.07 Å². The number of rotatable bonds is 8. The average Bonchev–Trinajstić information content (AvgIpc) is 2.62. The van der Waals surface area contributed by atoms with E-state index in [1.54, 1.807) is 37.3 Å². The third kappa shape index (κ3) is 5.59. The molecule has 2 aromatic rings. The van der Waals surface area contributed by atoms with Crippen molar-refractivity contribution in [3.63, 3.8) is 0 Å². The van der Waals surface area contributed by atoms with Crippen LogP contribution in [0.25, 0.3) is 0 Å². The van der Waals surface area contributed by atoms with Gasteiger partial charge in [-0.05, 0) is 55.3 Å². The standard InChI is InChI=1S/C18H19N3O5/c1-3-25-15-7-5-14(6-8-15)11-19-20-18(22)12-26-17-9-4-13(2)10-16(17)21(23)24/h4-11H,3,12H2,1-2H3,(H,20,22). The molecule has 0 aromatic heterocycles. The van der Waals surface area contributed by atoms with Crippen LogP contribution in [0.1, 0.15) is 18.1 Å². The summed E-state index contributed by atoms with van der Waals surface area (Å²) in [6, 6.07) is 11.7. The van der Waals surface area contributed by atoms with E-state index in [2.05, 4.69) is 10.5 Å². The summed E-state index contributed by atoms with van der Waals surface area (Å²) in [6.45, 7) is 3.84. The summed E-state index contributed by atoms with van der Waals surface area (Å²) in [5, 5.41) is 14.8. The van der Waals surface area contributed by atoms with Crippen molar-refractivity contribution in [2.24, 2.45) is 5.10 Å². The fourth-order valence-corrected chi connectivity index (χ4v) is 2.06. The first-order chi connectivity index (χ1) is 12.5. The molecule has 0 saturated carbocycles. The van der Waals surface area contributed by atoms with Crippen LogP contribution < -0.4 is 14.9 Å². The third-order valence-electron chi connectivity index (χ3n) is 3.26. The van der Waals surface area contributed by atoms with Crippen LogP contribution in [-0.2, 0) is 4.79 Å². The van der Waals surface area contributed by atoms with Crippen molar-refractivity contribution >= 4 is 17.8 Å². The number of carbonyl (C=O) groups is 1. The Balaban J connectivity index is 1.86. The Labute approximate surface area is 150 Å². The van der Waals surface area contributed by atoms with Gasteiger partial charge in [0.15, 0.2) is 12.4 Å². The second kappa shape index (κ2) is 9.16. The lowest BCUT2D eigenvalue weighted by molar-refractivity contribution is -0.385. The number of nitrogens with one attached hydrogen (secondary N) is 1. The molecular weight excluding hydrogens is 338 g/mol. The maximum Gasteiger partial charge on any atom is 0.311 e. The normalized spacial score (nSPS) is 10.5. The molecular formula is C18H19N3O5. The van der Waals surface area contributed by atoms with Crippen molar-refractivity contribution in [1.82, 2.24) is 5.43 Å². The first-order valence-corrected chi connectivity index (χ1v) is 7.92. The Morgan fingerprint density at radius 3 is 2.62 bits per heavy atom. The number of amides is 1. The summed E-state index contributed by atoms with van der Waals surface area (Å²) in [5.74, 6) is 0.259. The minimum absolute atomic E-state index is 0.0336. The Bertz CT molecular complexity index is 803. The van der Waals surface area contributed by atoms with E-state index >= 15 is 0 Å². The fourth-order valence-electron chi connectivity index (χ4n) is 2.06. The van der Waals surface area contributed by atoms with Gasteiger partial charge >= 0.3 is 5.69 Å². The van der Waals surface area contributed by atoms with Crippen molar-refractivity contribution < 1.29 is 19.2 Å². The number of nitrogens with zero attached hydrogens (tertiary/aromatic N) is 2. The van der Waals surface area contributed by atoms with Crippen molar-refractivity contribution in [2.45, 2.75) is 13.8 Å². The highest BCUT2D eigenvalue weighted by Gasteiger charge is 2.16. The minimum atomic E-state index is -0.551. The zero-order valence-corrected chi connectivity index (χ0v) is 14.5. The lowest BCUT2D eigenvalue weighted by Crippen LogP contribution is -2.24. The van der Waals surface area contributed by atoms with E-state index in [9.17, 15) is 14.9 Å². The van der Waals surface area contributed by atoms with Crippen LogP contribution in [0.3, 0.4) is 0 Å². The van der Waals surface area contributed by atoms with Crippen LogP contribution in [0, 0.1) is 17.0 Å². The van der Waals surface area contributed by atoms with Crippen molar-refractivity contribution in [1.29, 1.82) is 0 Å². The average molecular weight is 357 g/mol. The van der Waals surface area contributed by atoms with E-state index in [0.29, 0.717) is 6.61 Å². The van der Waals surface area contributed by atoms with Crippen LogP contribution in [0.2, 0.25) is 0 Å². The Morgan fingerprint density at radius 2 is 1.96 bits per heavy atom. The molecule has 0 saturated heterocycles. The second-order valence-electron chi connectivity index (χ2n) is 5.31. The molecule has 26 heavy (non-hydrogen) atoms. The molecule has 0 aliphatic heterocycles. The SMILES string of the molecule is CCOc1ccc(C=NNC(=O)COc2ccc(C)cc2[N+](=O)[O-])cc1. The number of nitro benzene ring substituents is 1. The van der Waals surface area contributed by atoms with Crippen LogP contribution in [0.15, 0.2) is 47.6 Å². The number of benzene rings is 2. The number of hydrogen-bond donors (Lipinski definition) is 1. The van der Waals surface area contributed by atoms with Crippen molar-refractivity contribution in [3.8, 4) is 11.5 Å². The summed E-state index contributed by atoms with van der Waals surface area (Å²) < 4.78 is 10.5. The minimum Gasteiger partial charge on any atom is -0.494 e. The molecule has 0 radical (unpaired) electrons. The fraction of sp³-hybridized carbons (Fsp3) is 0.222. The number of carbonyl (C=O) groups excluding carboxylic acids is 1. The quantitative estimate of drug-likeness (QED) is 0.444. The Kier molecular flexibility index (Phi) is 6.67. The molecule has 0 unspecified atom stereocenters. The number of hydrazone groups is 1. The van der Waals surface area contributed by atoms with Crippen molar-refractivity contribution in [2.75, 3.05) is 13.2 Å². The summed E-state index contributed by atoms with van der Waals surface area (Å²) in [5.41, 5.74) is 3.63. The van der Waals surface area contributed by atoms with E-state index in [4.69, 9.17) is 9.47 Å². The molecule has 0 heterocycles. The van der Waals surface area contributed by atoms with Gasteiger partial charge in [0.2, 0.25) is 0 Å². The molecule has 1 N–H and O–H groups in total. The molecule has 136 valence electrons. The number of ether oxygens (including phenoxy) is 2. The molecule has 0 spiro atoms. The summed E-state index contributed by atoms with van der Waals surface area (Å²) in [4.78, 5) is 22.2. The van der Waals surface area contributed by atoms with Crippen molar-refractivity contribution in [3.05, 3.63) is 63.7 Å². The van der Waals surface area contributed by atoms with Gasteiger partial charge in [0.05, 0.1) is 17.7 Å². The predicted molar refractivity (Wildman–Crippen MR) is 96.7 cm³/mol. The number of aryl methyl sites for hydroxylation is 1. The van der Waals surface area contributed by atoms with Gasteiger partial charge in [0.25, 0.3) is 5.91 Å². The largest absolute Gasteiger partial charge is 0.494 e. The van der Waals surface area contributed by atoms with E-state index in [1.165, 1.54) is 18.3 Å². The van der Waals surface area contributed by atoms with Gasteiger partial charge in [-0.25, -0.2) is 5.43 Å². The first-order valence-electron chi connectivity index (χ1n) is 7.92. The molecule has 2 rings (SSSR count). The van der Waals surface area contributed by atoms with Crippen LogP contribution >= 0.6 is 0 Å². The third-order valence-corrected chi connectivity index (χ3v) is 3.26. The number of hydrogen-bond acceptors (Lipinski definition) is 6. The van der Waals surface area contributed by atoms with E-state index in [1.807, 2.05) is 6.92 Å². The highest BCUT2D eigenvalue weighted by atomic mass is 16.6. The van der Waals surface area contributed by atoms with Crippen LogP contribution in [0.5, 0.6) is 11.5 Å². The predicted octanol–water partition coefficient (Wildman–Crippen LogP) is 2.83. The van der Waals surface area contributed by atoms with Gasteiger partial charge in [-0.15, -0.1) is 0 Å². The first kappa shape index (κ1) is 18.9. The maximum atomic E-state index is 11.8. The summed E-state index contributed by atoms with van der Waals surface area (Å²) in [7, 11) is 0. The zero-order chi connectivity index (χ0) is 18.9. The lowest BCUT2D eigenvalue weighted by Gasteiger charge is -2.06. The van der Waals surface area contributed by atoms with E-state index in [0.717, 1.165) is 16.9 Å². The number of nitro groups is 1. The molecule has 8 heteroatoms. The molecule has 1 amide bonds. The van der Waals surface area contributed by atoms with Gasteiger partial charge in [0.1, 0.15) is 5.75 Å². The molecule has 0 aliphatic rings. The summed E-state index contributed by atoms with van der Waals surface area (Å²) >= 11 is 0. The zero-order valence-electron chi connectivity index (χ0n) is 14.5. The van der Waals surface area contributed by atoms with Gasteiger partial charge < -0.3 is 9.47 Å². The molecule has 8 nitrogen and oxygen atoms in total. The summed E-state index contributed by atoms with van der Waals surface area (Å²) in [6.07, 6.45) is 1.47. The molecule has 0 fully saturated rings. The van der Waals surface area contributed by atoms with E-state index in [-0.39, 0.29) is 18.0 Å². The molecule has 0 bridgehead atoms. The van der Waals surface area contributed by atoms with Gasteiger partial charge in [-0.2, -0.15) is 5.10 Å². The van der Waals surface area contributed by atoms with Gasteiger partial charge in [-0.3, -0.25) is 14.9 Å². The highest BCUT2D eigenvalue weighted by molar-refractivity contribution is 5.83. The smallest absolute Gasteiger partial charge is 0.311 e.